The number of hydrogen-bond donors (Lipinski definition) is 2. The van der Waals surface area contributed by atoms with Gasteiger partial charge in [-0.1, -0.05) is 97.1 Å². The van der Waals surface area contributed by atoms with Crippen LogP contribution in [-0.4, -0.2) is 26.0 Å². The average Bonchev–Trinajstić information content (AvgIpc) is 3.16. The topological polar surface area (TPSA) is 123 Å². The van der Waals surface area contributed by atoms with Gasteiger partial charge >= 0.3 is 0 Å². The van der Waals surface area contributed by atoms with Gasteiger partial charge in [-0.05, 0) is 69.8 Å². The second kappa shape index (κ2) is 15.1. The van der Waals surface area contributed by atoms with Crippen LogP contribution in [-0.2, 0) is 13.2 Å². The average molecular weight is 665 g/mol. The lowest BCUT2D eigenvalue weighted by Crippen LogP contribution is -2.13. The van der Waals surface area contributed by atoms with E-state index in [1.165, 1.54) is 0 Å². The van der Waals surface area contributed by atoms with Crippen molar-refractivity contribution in [1.82, 2.24) is 0 Å². The molecule has 6 aromatic carbocycles. The molecule has 0 radical (unpaired) electrons. The SMILES string of the molecule is COc1ccc(-c2ccccc2C(N)=O)c(-c2c(-c3ccccc3C(N)=O)ccc(OC)c2OCc2ccccc2)c1OCc1ccccc1. The lowest BCUT2D eigenvalue weighted by atomic mass is 9.85. The van der Waals surface area contributed by atoms with Gasteiger partial charge in [0.15, 0.2) is 23.0 Å². The zero-order valence-corrected chi connectivity index (χ0v) is 27.7. The van der Waals surface area contributed by atoms with Crippen molar-refractivity contribution in [3.63, 3.8) is 0 Å². The molecule has 6 aromatic rings. The maximum atomic E-state index is 12.9. The number of primary amides is 2. The fourth-order valence-electron chi connectivity index (χ4n) is 6.01. The standard InChI is InChI=1S/C42H36N2O6/c1-47-35-23-21-31(29-17-9-11-19-33(29)41(43)45)37(39(35)49-25-27-13-5-3-6-14-27)38-32(30-18-10-12-20-34(30)42(44)46)22-24-36(48-2)40(38)50-26-28-15-7-4-8-16-28/h3-24H,25-26H2,1-2H3,(H2,43,45)(H2,44,46). The summed E-state index contributed by atoms with van der Waals surface area (Å²) >= 11 is 0. The number of rotatable bonds is 13. The van der Waals surface area contributed by atoms with Crippen molar-refractivity contribution in [3.8, 4) is 56.4 Å². The number of nitrogens with two attached hydrogens (primary N) is 2. The molecule has 0 aliphatic heterocycles. The molecule has 4 N–H and O–H groups in total. The van der Waals surface area contributed by atoms with E-state index < -0.39 is 11.8 Å². The van der Waals surface area contributed by atoms with E-state index in [2.05, 4.69) is 0 Å². The Balaban J connectivity index is 1.74. The summed E-state index contributed by atoms with van der Waals surface area (Å²) in [6, 6.07) is 41.0. The Kier molecular flexibility index (Phi) is 10.1. The number of carbonyl (C=O) groups excluding carboxylic acids is 2. The molecule has 0 heterocycles. The van der Waals surface area contributed by atoms with Crippen LogP contribution < -0.4 is 30.4 Å². The molecular weight excluding hydrogens is 628 g/mol. The summed E-state index contributed by atoms with van der Waals surface area (Å²) in [4.78, 5) is 25.7. The van der Waals surface area contributed by atoms with Gasteiger partial charge < -0.3 is 30.4 Å². The van der Waals surface area contributed by atoms with Crippen molar-refractivity contribution in [1.29, 1.82) is 0 Å². The number of hydrogen-bond acceptors (Lipinski definition) is 6. The Morgan fingerprint density at radius 2 is 0.820 bits per heavy atom. The molecule has 0 saturated heterocycles. The Morgan fingerprint density at radius 3 is 1.18 bits per heavy atom. The molecule has 0 bridgehead atoms. The van der Waals surface area contributed by atoms with Gasteiger partial charge in [0.25, 0.3) is 0 Å². The lowest BCUT2D eigenvalue weighted by molar-refractivity contribution is 0.0992. The van der Waals surface area contributed by atoms with Gasteiger partial charge in [-0.15, -0.1) is 0 Å². The van der Waals surface area contributed by atoms with Gasteiger partial charge in [0.1, 0.15) is 13.2 Å². The van der Waals surface area contributed by atoms with Crippen LogP contribution in [0, 0.1) is 0 Å². The fraction of sp³-hybridized carbons (Fsp3) is 0.0952. The van der Waals surface area contributed by atoms with Gasteiger partial charge in [0.05, 0.1) is 14.2 Å². The maximum absolute atomic E-state index is 12.9. The third kappa shape index (κ3) is 6.86. The van der Waals surface area contributed by atoms with E-state index in [1.54, 1.807) is 50.6 Å². The van der Waals surface area contributed by atoms with Gasteiger partial charge in [-0.2, -0.15) is 0 Å². The first-order valence-corrected chi connectivity index (χ1v) is 16.0. The third-order valence-electron chi connectivity index (χ3n) is 8.35. The summed E-state index contributed by atoms with van der Waals surface area (Å²) < 4.78 is 25.3. The van der Waals surface area contributed by atoms with Gasteiger partial charge in [-0.3, -0.25) is 9.59 Å². The maximum Gasteiger partial charge on any atom is 0.249 e. The van der Waals surface area contributed by atoms with Crippen molar-refractivity contribution in [2.45, 2.75) is 13.2 Å². The Morgan fingerprint density at radius 1 is 0.460 bits per heavy atom. The van der Waals surface area contributed by atoms with Crippen molar-refractivity contribution >= 4 is 11.8 Å². The summed E-state index contributed by atoms with van der Waals surface area (Å²) in [7, 11) is 3.13. The molecule has 6 rings (SSSR count). The third-order valence-corrected chi connectivity index (χ3v) is 8.35. The first-order chi connectivity index (χ1) is 24.4. The molecule has 8 heteroatoms. The smallest absolute Gasteiger partial charge is 0.249 e. The Bertz CT molecular complexity index is 1990. The van der Waals surface area contributed by atoms with Crippen LogP contribution >= 0.6 is 0 Å². The number of carbonyl (C=O) groups is 2. The van der Waals surface area contributed by atoms with E-state index in [0.29, 0.717) is 67.5 Å². The van der Waals surface area contributed by atoms with E-state index in [4.69, 9.17) is 30.4 Å². The minimum absolute atomic E-state index is 0.197. The van der Waals surface area contributed by atoms with Crippen LogP contribution in [0.5, 0.6) is 23.0 Å². The van der Waals surface area contributed by atoms with Crippen LogP contribution in [0.1, 0.15) is 31.8 Å². The molecule has 0 aromatic heterocycles. The quantitative estimate of drug-likeness (QED) is 0.129. The molecule has 0 atom stereocenters. The largest absolute Gasteiger partial charge is 0.493 e. The summed E-state index contributed by atoms with van der Waals surface area (Å²) in [6.45, 7) is 0.394. The van der Waals surface area contributed by atoms with Gasteiger partial charge in [0, 0.05) is 22.3 Å². The fourth-order valence-corrected chi connectivity index (χ4v) is 6.01. The van der Waals surface area contributed by atoms with E-state index in [0.717, 1.165) is 11.1 Å². The highest BCUT2D eigenvalue weighted by Gasteiger charge is 2.29. The van der Waals surface area contributed by atoms with E-state index in [9.17, 15) is 9.59 Å². The van der Waals surface area contributed by atoms with Crippen molar-refractivity contribution in [3.05, 3.63) is 156 Å². The van der Waals surface area contributed by atoms with Crippen LogP contribution in [0.2, 0.25) is 0 Å². The monoisotopic (exact) mass is 664 g/mol. The highest BCUT2D eigenvalue weighted by Crippen LogP contribution is 2.54. The molecule has 8 nitrogen and oxygen atoms in total. The molecule has 0 aliphatic carbocycles. The molecule has 0 aliphatic rings. The van der Waals surface area contributed by atoms with Crippen LogP contribution in [0.3, 0.4) is 0 Å². The Labute approximate surface area is 290 Å². The van der Waals surface area contributed by atoms with E-state index in [1.807, 2.05) is 97.1 Å². The van der Waals surface area contributed by atoms with Crippen LogP contribution in [0.4, 0.5) is 0 Å². The van der Waals surface area contributed by atoms with Gasteiger partial charge in [0.2, 0.25) is 11.8 Å². The van der Waals surface area contributed by atoms with Crippen LogP contribution in [0.15, 0.2) is 133 Å². The number of ether oxygens (including phenoxy) is 4. The highest BCUT2D eigenvalue weighted by molar-refractivity contribution is 6.08. The van der Waals surface area contributed by atoms with Crippen molar-refractivity contribution in [2.24, 2.45) is 11.5 Å². The highest BCUT2D eigenvalue weighted by atomic mass is 16.5. The lowest BCUT2D eigenvalue weighted by Gasteiger charge is -2.25. The van der Waals surface area contributed by atoms with Crippen LogP contribution in [0.25, 0.3) is 33.4 Å². The summed E-state index contributed by atoms with van der Waals surface area (Å²) in [5.74, 6) is 0.427. The predicted octanol–water partition coefficient (Wildman–Crippen LogP) is 8.06. The zero-order valence-electron chi connectivity index (χ0n) is 27.7. The summed E-state index contributed by atoms with van der Waals surface area (Å²) in [5.41, 5.74) is 17.8. The summed E-state index contributed by atoms with van der Waals surface area (Å²) in [5, 5.41) is 0. The predicted molar refractivity (Wildman–Crippen MR) is 194 cm³/mol. The van der Waals surface area contributed by atoms with Gasteiger partial charge in [-0.25, -0.2) is 0 Å². The van der Waals surface area contributed by atoms with E-state index >= 15 is 0 Å². The number of methoxy groups -OCH3 is 2. The first-order valence-electron chi connectivity index (χ1n) is 16.0. The minimum Gasteiger partial charge on any atom is -0.493 e. The summed E-state index contributed by atoms with van der Waals surface area (Å²) in [6.07, 6.45) is 0. The Hall–Kier alpha value is -6.54. The zero-order chi connectivity index (χ0) is 35.0. The minimum atomic E-state index is -0.598. The molecule has 0 spiro atoms. The molecule has 0 fully saturated rings. The molecule has 0 saturated carbocycles. The first kappa shape index (κ1) is 33.4. The second-order valence-corrected chi connectivity index (χ2v) is 11.4. The molecule has 250 valence electrons. The molecule has 0 unspecified atom stereocenters. The van der Waals surface area contributed by atoms with E-state index in [-0.39, 0.29) is 13.2 Å². The van der Waals surface area contributed by atoms with Crippen molar-refractivity contribution < 1.29 is 28.5 Å². The number of benzene rings is 6. The number of amides is 2. The molecule has 50 heavy (non-hydrogen) atoms. The molecule has 2 amide bonds. The van der Waals surface area contributed by atoms with Crippen molar-refractivity contribution in [2.75, 3.05) is 14.2 Å². The molecular formula is C42H36N2O6. The second-order valence-electron chi connectivity index (χ2n) is 11.4. The normalized spacial score (nSPS) is 10.7.